The zero-order chi connectivity index (χ0) is 21.8. The van der Waals surface area contributed by atoms with E-state index in [4.69, 9.17) is 4.98 Å². The van der Waals surface area contributed by atoms with E-state index in [1.165, 1.54) is 27.9 Å². The SMILES string of the molecule is O=C(Nc1nc(Cc2ccccc2)c(-c2ccccc2)s1)c1cccc(-n2cnnn2)c1. The Morgan fingerprint density at radius 3 is 2.47 bits per heavy atom. The highest BCUT2D eigenvalue weighted by Gasteiger charge is 2.16. The van der Waals surface area contributed by atoms with Crippen LogP contribution in [0.1, 0.15) is 21.6 Å². The molecule has 0 radical (unpaired) electrons. The lowest BCUT2D eigenvalue weighted by atomic mass is 10.1. The summed E-state index contributed by atoms with van der Waals surface area (Å²) in [5.74, 6) is -0.237. The molecule has 0 saturated heterocycles. The molecule has 0 spiro atoms. The molecule has 1 amide bonds. The van der Waals surface area contributed by atoms with Crippen LogP contribution in [0.2, 0.25) is 0 Å². The number of carbonyl (C=O) groups is 1. The van der Waals surface area contributed by atoms with Crippen molar-refractivity contribution in [2.45, 2.75) is 6.42 Å². The second-order valence-electron chi connectivity index (χ2n) is 7.08. The van der Waals surface area contributed by atoms with Gasteiger partial charge in [0.15, 0.2) is 5.13 Å². The normalized spacial score (nSPS) is 10.8. The molecule has 0 unspecified atom stereocenters. The third-order valence-corrected chi connectivity index (χ3v) is 5.95. The third kappa shape index (κ3) is 4.30. The van der Waals surface area contributed by atoms with Crippen molar-refractivity contribution < 1.29 is 4.79 Å². The van der Waals surface area contributed by atoms with Crippen LogP contribution in [-0.2, 0) is 6.42 Å². The number of rotatable bonds is 6. The Hall–Kier alpha value is -4.17. The number of nitrogens with zero attached hydrogens (tertiary/aromatic N) is 5. The van der Waals surface area contributed by atoms with Crippen molar-refractivity contribution in [3.05, 3.63) is 108 Å². The summed E-state index contributed by atoms with van der Waals surface area (Å²) in [6.07, 6.45) is 2.17. The van der Waals surface area contributed by atoms with Gasteiger partial charge in [0, 0.05) is 12.0 Å². The summed E-state index contributed by atoms with van der Waals surface area (Å²) >= 11 is 1.48. The van der Waals surface area contributed by atoms with Crippen molar-refractivity contribution in [2.75, 3.05) is 5.32 Å². The number of aromatic nitrogens is 5. The summed E-state index contributed by atoms with van der Waals surface area (Å²) in [6, 6.07) is 27.4. The summed E-state index contributed by atoms with van der Waals surface area (Å²) in [7, 11) is 0. The number of amides is 1. The van der Waals surface area contributed by atoms with Gasteiger partial charge in [-0.05, 0) is 39.8 Å². The van der Waals surface area contributed by atoms with Gasteiger partial charge in [-0.25, -0.2) is 9.67 Å². The van der Waals surface area contributed by atoms with Crippen LogP contribution in [-0.4, -0.2) is 31.1 Å². The smallest absolute Gasteiger partial charge is 0.257 e. The van der Waals surface area contributed by atoms with Crippen LogP contribution in [0, 0.1) is 0 Å². The van der Waals surface area contributed by atoms with Crippen LogP contribution in [0.25, 0.3) is 16.1 Å². The maximum Gasteiger partial charge on any atom is 0.257 e. The Bertz CT molecular complexity index is 1330. The molecule has 5 aromatic rings. The van der Waals surface area contributed by atoms with Gasteiger partial charge in [-0.1, -0.05) is 78.1 Å². The van der Waals surface area contributed by atoms with E-state index in [1.807, 2.05) is 42.5 Å². The molecule has 0 aliphatic carbocycles. The maximum absolute atomic E-state index is 12.9. The van der Waals surface area contributed by atoms with Crippen LogP contribution in [0.15, 0.2) is 91.3 Å². The van der Waals surface area contributed by atoms with Crippen molar-refractivity contribution in [2.24, 2.45) is 0 Å². The van der Waals surface area contributed by atoms with Crippen molar-refractivity contribution in [3.63, 3.8) is 0 Å². The number of nitrogens with one attached hydrogen (secondary N) is 1. The van der Waals surface area contributed by atoms with E-state index >= 15 is 0 Å². The van der Waals surface area contributed by atoms with Gasteiger partial charge < -0.3 is 0 Å². The average Bonchev–Trinajstić information content (AvgIpc) is 3.51. The molecular formula is C24H18N6OS. The summed E-state index contributed by atoms with van der Waals surface area (Å²) < 4.78 is 1.51. The highest BCUT2D eigenvalue weighted by Crippen LogP contribution is 2.34. The van der Waals surface area contributed by atoms with Gasteiger partial charge in [0.2, 0.25) is 0 Å². The van der Waals surface area contributed by atoms with E-state index in [1.54, 1.807) is 18.2 Å². The van der Waals surface area contributed by atoms with Crippen molar-refractivity contribution in [1.29, 1.82) is 0 Å². The summed E-state index contributed by atoms with van der Waals surface area (Å²) in [5, 5.41) is 14.7. The van der Waals surface area contributed by atoms with E-state index in [-0.39, 0.29) is 5.91 Å². The fraction of sp³-hybridized carbons (Fsp3) is 0.0417. The monoisotopic (exact) mass is 438 g/mol. The number of carbonyl (C=O) groups excluding carboxylic acids is 1. The number of hydrogen-bond acceptors (Lipinski definition) is 6. The van der Waals surface area contributed by atoms with Gasteiger partial charge in [-0.3, -0.25) is 10.1 Å². The van der Waals surface area contributed by atoms with Gasteiger partial charge in [0.05, 0.1) is 16.3 Å². The Morgan fingerprint density at radius 2 is 1.72 bits per heavy atom. The third-order valence-electron chi connectivity index (χ3n) is 4.89. The number of anilines is 1. The second-order valence-corrected chi connectivity index (χ2v) is 8.08. The van der Waals surface area contributed by atoms with Crippen molar-refractivity contribution in [1.82, 2.24) is 25.2 Å². The first-order chi connectivity index (χ1) is 15.8. The largest absolute Gasteiger partial charge is 0.298 e. The first-order valence-corrected chi connectivity index (χ1v) is 10.8. The highest BCUT2D eigenvalue weighted by atomic mass is 32.1. The van der Waals surface area contributed by atoms with Crippen molar-refractivity contribution in [3.8, 4) is 16.1 Å². The van der Waals surface area contributed by atoms with Crippen LogP contribution >= 0.6 is 11.3 Å². The molecule has 7 nitrogen and oxygen atoms in total. The predicted molar refractivity (Wildman–Crippen MR) is 124 cm³/mol. The van der Waals surface area contributed by atoms with Gasteiger partial charge in [0.1, 0.15) is 6.33 Å². The zero-order valence-corrected chi connectivity index (χ0v) is 17.7. The number of thiazole rings is 1. The van der Waals surface area contributed by atoms with E-state index in [0.29, 0.717) is 22.8 Å². The summed E-state index contributed by atoms with van der Waals surface area (Å²) in [6.45, 7) is 0. The maximum atomic E-state index is 12.9. The molecule has 2 aromatic heterocycles. The molecule has 0 saturated carbocycles. The fourth-order valence-corrected chi connectivity index (χ4v) is 4.35. The molecule has 0 aliphatic rings. The van der Waals surface area contributed by atoms with Crippen molar-refractivity contribution >= 4 is 22.4 Å². The Balaban J connectivity index is 1.44. The molecule has 8 heteroatoms. The molecule has 0 aliphatic heterocycles. The first kappa shape index (κ1) is 19.8. The topological polar surface area (TPSA) is 85.6 Å². The molecule has 2 heterocycles. The Kier molecular flexibility index (Phi) is 5.50. The molecule has 32 heavy (non-hydrogen) atoms. The number of tetrazole rings is 1. The Morgan fingerprint density at radius 1 is 0.938 bits per heavy atom. The molecule has 3 aromatic carbocycles. The molecule has 5 rings (SSSR count). The van der Waals surface area contributed by atoms with E-state index in [9.17, 15) is 4.79 Å². The average molecular weight is 439 g/mol. The molecule has 0 fully saturated rings. The lowest BCUT2D eigenvalue weighted by Gasteiger charge is -2.04. The zero-order valence-electron chi connectivity index (χ0n) is 16.9. The minimum Gasteiger partial charge on any atom is -0.298 e. The van der Waals surface area contributed by atoms with Gasteiger partial charge >= 0.3 is 0 Å². The quantitative estimate of drug-likeness (QED) is 0.418. The molecule has 0 atom stereocenters. The fourth-order valence-electron chi connectivity index (χ4n) is 3.37. The molecular weight excluding hydrogens is 420 g/mol. The van der Waals surface area contributed by atoms with E-state index in [2.05, 4.69) is 45.1 Å². The highest BCUT2D eigenvalue weighted by molar-refractivity contribution is 7.19. The lowest BCUT2D eigenvalue weighted by Crippen LogP contribution is -2.12. The standard InChI is InChI=1S/C24H18N6OS/c31-23(19-12-7-13-20(15-19)30-16-25-28-29-30)27-24-26-21(14-17-8-3-1-4-9-17)22(32-24)18-10-5-2-6-11-18/h1-13,15-16H,14H2,(H,26,27,31). The van der Waals surface area contributed by atoms with Crippen LogP contribution in [0.3, 0.4) is 0 Å². The minimum atomic E-state index is -0.237. The van der Waals surface area contributed by atoms with Gasteiger partial charge in [-0.15, -0.1) is 5.10 Å². The second kappa shape index (κ2) is 8.91. The van der Waals surface area contributed by atoms with E-state index in [0.717, 1.165) is 16.1 Å². The lowest BCUT2D eigenvalue weighted by molar-refractivity contribution is 0.102. The molecule has 1 N–H and O–H groups in total. The van der Waals surface area contributed by atoms with Gasteiger partial charge in [0.25, 0.3) is 5.91 Å². The number of hydrogen-bond donors (Lipinski definition) is 1. The minimum absolute atomic E-state index is 0.237. The predicted octanol–water partition coefficient (Wildman–Crippen LogP) is 4.63. The van der Waals surface area contributed by atoms with Crippen LogP contribution in [0.5, 0.6) is 0 Å². The summed E-state index contributed by atoms with van der Waals surface area (Å²) in [4.78, 5) is 18.8. The Labute approximate surface area is 188 Å². The van der Waals surface area contributed by atoms with Crippen LogP contribution < -0.4 is 5.32 Å². The first-order valence-electron chi connectivity index (χ1n) is 10.00. The number of benzene rings is 3. The van der Waals surface area contributed by atoms with Crippen LogP contribution in [0.4, 0.5) is 5.13 Å². The molecule has 0 bridgehead atoms. The summed E-state index contributed by atoms with van der Waals surface area (Å²) in [5.41, 5.74) is 4.39. The van der Waals surface area contributed by atoms with Gasteiger partial charge in [-0.2, -0.15) is 0 Å². The molecule has 156 valence electrons. The van der Waals surface area contributed by atoms with E-state index < -0.39 is 0 Å².